The number of ether oxygens (including phenoxy) is 1. The SMILES string of the molecule is Cc1ccc2c(c1)c(N=NC(=O)COc1ccc(Br)cc1)c(O)n2C. The number of hydrogen-bond donors (Lipinski definition) is 1. The van der Waals surface area contributed by atoms with E-state index in [2.05, 4.69) is 26.2 Å². The van der Waals surface area contributed by atoms with Gasteiger partial charge in [0.05, 0.1) is 5.52 Å². The monoisotopic (exact) mass is 401 g/mol. The van der Waals surface area contributed by atoms with E-state index in [4.69, 9.17) is 4.74 Å². The van der Waals surface area contributed by atoms with Gasteiger partial charge < -0.3 is 14.4 Å². The number of carbonyl (C=O) groups is 1. The summed E-state index contributed by atoms with van der Waals surface area (Å²) in [5.74, 6) is -0.00617. The van der Waals surface area contributed by atoms with Crippen LogP contribution in [0.2, 0.25) is 0 Å². The number of azo groups is 1. The molecule has 128 valence electrons. The normalized spacial score (nSPS) is 11.3. The van der Waals surface area contributed by atoms with Crippen LogP contribution in [0, 0.1) is 6.92 Å². The predicted octanol–water partition coefficient (Wildman–Crippen LogP) is 4.64. The number of aromatic nitrogens is 1. The van der Waals surface area contributed by atoms with Crippen molar-refractivity contribution in [1.29, 1.82) is 0 Å². The van der Waals surface area contributed by atoms with Crippen molar-refractivity contribution in [2.45, 2.75) is 6.92 Å². The van der Waals surface area contributed by atoms with E-state index < -0.39 is 5.91 Å². The van der Waals surface area contributed by atoms with Crippen molar-refractivity contribution < 1.29 is 14.6 Å². The summed E-state index contributed by atoms with van der Waals surface area (Å²) in [4.78, 5) is 11.9. The number of amides is 1. The molecule has 25 heavy (non-hydrogen) atoms. The van der Waals surface area contributed by atoms with Gasteiger partial charge in [-0.3, -0.25) is 4.79 Å². The Bertz CT molecular complexity index is 962. The third kappa shape index (κ3) is 3.71. The molecule has 0 aliphatic heterocycles. The molecule has 0 saturated carbocycles. The van der Waals surface area contributed by atoms with Crippen LogP contribution >= 0.6 is 15.9 Å². The summed E-state index contributed by atoms with van der Waals surface area (Å²) in [6, 6.07) is 12.9. The Morgan fingerprint density at radius 3 is 2.68 bits per heavy atom. The molecule has 0 aliphatic rings. The minimum atomic E-state index is -0.535. The van der Waals surface area contributed by atoms with Gasteiger partial charge in [0.15, 0.2) is 12.3 Å². The first-order chi connectivity index (χ1) is 12.0. The number of aryl methyl sites for hydroxylation is 2. The molecule has 3 rings (SSSR count). The Morgan fingerprint density at radius 2 is 1.96 bits per heavy atom. The van der Waals surface area contributed by atoms with Crippen molar-refractivity contribution in [3.05, 3.63) is 52.5 Å². The molecular formula is C18H16BrN3O3. The van der Waals surface area contributed by atoms with E-state index in [1.807, 2.05) is 37.3 Å². The first-order valence-electron chi connectivity index (χ1n) is 7.56. The molecule has 0 radical (unpaired) electrons. The van der Waals surface area contributed by atoms with Gasteiger partial charge in [0.2, 0.25) is 5.88 Å². The zero-order valence-electron chi connectivity index (χ0n) is 13.7. The van der Waals surface area contributed by atoms with Crippen LogP contribution in [0.1, 0.15) is 5.56 Å². The summed E-state index contributed by atoms with van der Waals surface area (Å²) in [7, 11) is 1.73. The zero-order valence-corrected chi connectivity index (χ0v) is 15.3. The molecule has 0 fully saturated rings. The molecule has 0 atom stereocenters. The second-order valence-electron chi connectivity index (χ2n) is 5.59. The highest BCUT2D eigenvalue weighted by atomic mass is 79.9. The van der Waals surface area contributed by atoms with E-state index in [1.165, 1.54) is 0 Å². The van der Waals surface area contributed by atoms with Gasteiger partial charge in [-0.15, -0.1) is 10.2 Å². The number of rotatable bonds is 4. The van der Waals surface area contributed by atoms with Crippen molar-refractivity contribution in [3.8, 4) is 11.6 Å². The third-order valence-corrected chi connectivity index (χ3v) is 4.26. The van der Waals surface area contributed by atoms with Gasteiger partial charge in [-0.25, -0.2) is 0 Å². The molecule has 0 bridgehead atoms. The number of nitrogens with zero attached hydrogens (tertiary/aromatic N) is 3. The molecule has 0 saturated heterocycles. The minimum absolute atomic E-state index is 0.0361. The second-order valence-corrected chi connectivity index (χ2v) is 6.50. The van der Waals surface area contributed by atoms with Crippen LogP contribution in [-0.4, -0.2) is 22.2 Å². The highest BCUT2D eigenvalue weighted by molar-refractivity contribution is 9.10. The van der Waals surface area contributed by atoms with Crippen LogP contribution < -0.4 is 4.74 Å². The van der Waals surface area contributed by atoms with Gasteiger partial charge >= 0.3 is 5.91 Å². The predicted molar refractivity (Wildman–Crippen MR) is 98.5 cm³/mol. The van der Waals surface area contributed by atoms with Crippen molar-refractivity contribution in [2.24, 2.45) is 17.3 Å². The largest absolute Gasteiger partial charge is 0.493 e. The van der Waals surface area contributed by atoms with Crippen molar-refractivity contribution in [3.63, 3.8) is 0 Å². The van der Waals surface area contributed by atoms with Gasteiger partial charge in [-0.2, -0.15) is 0 Å². The highest BCUT2D eigenvalue weighted by Crippen LogP contribution is 2.38. The fourth-order valence-electron chi connectivity index (χ4n) is 2.43. The van der Waals surface area contributed by atoms with E-state index in [9.17, 15) is 9.90 Å². The molecule has 6 nitrogen and oxygen atoms in total. The van der Waals surface area contributed by atoms with Crippen molar-refractivity contribution >= 4 is 38.4 Å². The quantitative estimate of drug-likeness (QED) is 0.646. The lowest BCUT2D eigenvalue weighted by Gasteiger charge is -2.02. The van der Waals surface area contributed by atoms with Gasteiger partial charge in [0.1, 0.15) is 5.75 Å². The number of aromatic hydroxyl groups is 1. The summed E-state index contributed by atoms with van der Waals surface area (Å²) < 4.78 is 7.89. The maximum Gasteiger partial charge on any atom is 0.302 e. The van der Waals surface area contributed by atoms with Crippen LogP contribution in [-0.2, 0) is 11.8 Å². The van der Waals surface area contributed by atoms with Crippen LogP contribution in [0.25, 0.3) is 10.9 Å². The second kappa shape index (κ2) is 7.06. The van der Waals surface area contributed by atoms with E-state index in [0.717, 1.165) is 20.9 Å². The molecule has 0 unspecified atom stereocenters. The molecule has 1 aromatic heterocycles. The summed E-state index contributed by atoms with van der Waals surface area (Å²) >= 11 is 3.33. The fraction of sp³-hybridized carbons (Fsp3) is 0.167. The summed E-state index contributed by atoms with van der Waals surface area (Å²) in [5.41, 5.74) is 2.12. The maximum absolute atomic E-state index is 11.9. The Kier molecular flexibility index (Phi) is 4.85. The van der Waals surface area contributed by atoms with E-state index in [-0.39, 0.29) is 18.2 Å². The lowest BCUT2D eigenvalue weighted by Crippen LogP contribution is -2.07. The smallest absolute Gasteiger partial charge is 0.302 e. The van der Waals surface area contributed by atoms with Crippen molar-refractivity contribution in [1.82, 2.24) is 4.57 Å². The molecule has 3 aromatic rings. The van der Waals surface area contributed by atoms with Crippen LogP contribution in [0.4, 0.5) is 5.69 Å². The van der Waals surface area contributed by atoms with Gasteiger partial charge in [-0.1, -0.05) is 27.6 Å². The Morgan fingerprint density at radius 1 is 1.24 bits per heavy atom. The summed E-state index contributed by atoms with van der Waals surface area (Å²) in [5, 5.41) is 18.6. The van der Waals surface area contributed by atoms with E-state index in [0.29, 0.717) is 5.75 Å². The van der Waals surface area contributed by atoms with Gasteiger partial charge in [0.25, 0.3) is 0 Å². The first kappa shape index (κ1) is 17.2. The average Bonchev–Trinajstić information content (AvgIpc) is 2.83. The fourth-order valence-corrected chi connectivity index (χ4v) is 2.70. The Labute approximate surface area is 152 Å². The minimum Gasteiger partial charge on any atom is -0.493 e. The highest BCUT2D eigenvalue weighted by Gasteiger charge is 2.14. The molecule has 7 heteroatoms. The molecule has 0 spiro atoms. The zero-order chi connectivity index (χ0) is 18.0. The Hall–Kier alpha value is -2.67. The van der Waals surface area contributed by atoms with Gasteiger partial charge in [0, 0.05) is 16.9 Å². The van der Waals surface area contributed by atoms with E-state index in [1.54, 1.807) is 23.7 Å². The number of benzene rings is 2. The number of hydrogen-bond acceptors (Lipinski definition) is 4. The van der Waals surface area contributed by atoms with Crippen LogP contribution in [0.3, 0.4) is 0 Å². The molecule has 1 amide bonds. The standard InChI is InChI=1S/C18H16BrN3O3/c1-11-3-8-15-14(9-11)17(18(24)22(15)2)21-20-16(23)10-25-13-6-4-12(19)5-7-13/h3-9,24H,10H2,1-2H3. The summed E-state index contributed by atoms with van der Waals surface area (Å²) in [6.07, 6.45) is 0. The topological polar surface area (TPSA) is 76.2 Å². The number of carbonyl (C=O) groups excluding carboxylic acids is 1. The van der Waals surface area contributed by atoms with Crippen LogP contribution in [0.5, 0.6) is 11.6 Å². The number of halogens is 1. The first-order valence-corrected chi connectivity index (χ1v) is 8.36. The summed E-state index contributed by atoms with van der Waals surface area (Å²) in [6.45, 7) is 1.72. The number of fused-ring (bicyclic) bond motifs is 1. The Balaban J connectivity index is 1.76. The van der Waals surface area contributed by atoms with Crippen molar-refractivity contribution in [2.75, 3.05) is 6.61 Å². The molecule has 1 heterocycles. The molecule has 2 aromatic carbocycles. The molecular weight excluding hydrogens is 386 g/mol. The van der Waals surface area contributed by atoms with Crippen LogP contribution in [0.15, 0.2) is 57.2 Å². The average molecular weight is 402 g/mol. The lowest BCUT2D eigenvalue weighted by atomic mass is 10.1. The molecule has 0 aliphatic carbocycles. The third-order valence-electron chi connectivity index (χ3n) is 3.74. The molecule has 1 N–H and O–H groups in total. The van der Waals surface area contributed by atoms with E-state index >= 15 is 0 Å². The van der Waals surface area contributed by atoms with Gasteiger partial charge in [-0.05, 0) is 43.3 Å². The lowest BCUT2D eigenvalue weighted by molar-refractivity contribution is -0.120. The maximum atomic E-state index is 11.9.